The fraction of sp³-hybridized carbons (Fsp3) is 0.917. The summed E-state index contributed by atoms with van der Waals surface area (Å²) in [7, 11) is -3.27. The zero-order valence-electron chi connectivity index (χ0n) is 10.7. The number of carbonyl (C=O) groups is 1. The fourth-order valence-corrected chi connectivity index (χ4v) is 5.16. The lowest BCUT2D eigenvalue weighted by Crippen LogP contribution is -2.57. The third-order valence-electron chi connectivity index (χ3n) is 4.16. The van der Waals surface area contributed by atoms with E-state index in [0.717, 1.165) is 12.8 Å². The Morgan fingerprint density at radius 1 is 1.39 bits per heavy atom. The lowest BCUT2D eigenvalue weighted by Gasteiger charge is -2.47. The van der Waals surface area contributed by atoms with E-state index < -0.39 is 21.9 Å². The third-order valence-corrected chi connectivity index (χ3v) is 6.10. The van der Waals surface area contributed by atoms with Gasteiger partial charge in [-0.15, -0.1) is 0 Å². The van der Waals surface area contributed by atoms with Gasteiger partial charge in [0.15, 0.2) is 0 Å². The lowest BCUT2D eigenvalue weighted by molar-refractivity contribution is -0.147. The van der Waals surface area contributed by atoms with Crippen molar-refractivity contribution < 1.29 is 18.3 Å². The molecule has 3 atom stereocenters. The van der Waals surface area contributed by atoms with Gasteiger partial charge in [-0.3, -0.25) is 4.79 Å². The first-order valence-corrected chi connectivity index (χ1v) is 8.29. The molecule has 3 unspecified atom stereocenters. The number of piperidine rings is 2. The maximum Gasteiger partial charge on any atom is 0.308 e. The Balaban J connectivity index is 2.16. The van der Waals surface area contributed by atoms with Crippen molar-refractivity contribution in [3.8, 4) is 0 Å². The van der Waals surface area contributed by atoms with Crippen LogP contribution in [0.2, 0.25) is 0 Å². The van der Waals surface area contributed by atoms with E-state index in [9.17, 15) is 18.3 Å². The van der Waals surface area contributed by atoms with Crippen LogP contribution in [0.5, 0.6) is 0 Å². The summed E-state index contributed by atoms with van der Waals surface area (Å²) < 4.78 is 26.0. The van der Waals surface area contributed by atoms with E-state index in [4.69, 9.17) is 0 Å². The van der Waals surface area contributed by atoms with Gasteiger partial charge in [-0.25, -0.2) is 8.42 Å². The Morgan fingerprint density at radius 2 is 2.11 bits per heavy atom. The van der Waals surface area contributed by atoms with Gasteiger partial charge in [0, 0.05) is 12.6 Å². The van der Waals surface area contributed by atoms with E-state index >= 15 is 0 Å². The predicted octanol–water partition coefficient (Wildman–Crippen LogP) is 1.30. The average molecular weight is 275 g/mol. The highest BCUT2D eigenvalue weighted by Crippen LogP contribution is 2.40. The number of fused-ring (bicyclic) bond motifs is 3. The largest absolute Gasteiger partial charge is 0.481 e. The number of hydrogen-bond donors (Lipinski definition) is 1. The first-order chi connectivity index (χ1) is 8.45. The molecule has 0 aromatic carbocycles. The Kier molecular flexibility index (Phi) is 3.96. The molecule has 2 aliphatic heterocycles. The number of carboxylic acid groups (broad SMARTS) is 1. The van der Waals surface area contributed by atoms with E-state index in [1.807, 2.05) is 6.92 Å². The average Bonchev–Trinajstić information content (AvgIpc) is 2.36. The zero-order valence-corrected chi connectivity index (χ0v) is 11.5. The number of unbranched alkanes of at least 4 members (excludes halogenated alkanes) is 1. The summed E-state index contributed by atoms with van der Waals surface area (Å²) in [6.45, 7) is 2.48. The molecule has 104 valence electrons. The van der Waals surface area contributed by atoms with Crippen LogP contribution in [0.15, 0.2) is 0 Å². The zero-order chi connectivity index (χ0) is 13.3. The van der Waals surface area contributed by atoms with Gasteiger partial charge in [0.25, 0.3) is 0 Å². The second-order valence-corrected chi connectivity index (χ2v) is 7.47. The highest BCUT2D eigenvalue weighted by atomic mass is 32.2. The SMILES string of the molecule is CCCCS(=O)(=O)N1CC2CCC1C(C(=O)O)C2. The number of aliphatic carboxylic acids is 1. The molecule has 0 amide bonds. The van der Waals surface area contributed by atoms with Gasteiger partial charge in [0.2, 0.25) is 10.0 Å². The van der Waals surface area contributed by atoms with Gasteiger partial charge in [0.1, 0.15) is 0 Å². The molecule has 1 aliphatic carbocycles. The molecule has 2 heterocycles. The third kappa shape index (κ3) is 2.54. The highest BCUT2D eigenvalue weighted by Gasteiger charge is 2.47. The quantitative estimate of drug-likeness (QED) is 0.820. The summed E-state index contributed by atoms with van der Waals surface area (Å²) in [5, 5.41) is 9.20. The van der Waals surface area contributed by atoms with E-state index in [1.54, 1.807) is 0 Å². The molecule has 3 fully saturated rings. The maximum atomic E-state index is 12.2. The maximum absolute atomic E-state index is 12.2. The van der Waals surface area contributed by atoms with Crippen molar-refractivity contribution in [2.45, 2.75) is 45.1 Å². The molecule has 2 saturated heterocycles. The first-order valence-electron chi connectivity index (χ1n) is 6.68. The summed E-state index contributed by atoms with van der Waals surface area (Å²) >= 11 is 0. The summed E-state index contributed by atoms with van der Waals surface area (Å²) in [5.74, 6) is -0.972. The van der Waals surface area contributed by atoms with Crippen molar-refractivity contribution in [2.24, 2.45) is 11.8 Å². The highest BCUT2D eigenvalue weighted by molar-refractivity contribution is 7.89. The van der Waals surface area contributed by atoms with E-state index in [2.05, 4.69) is 0 Å². The van der Waals surface area contributed by atoms with Crippen molar-refractivity contribution in [2.75, 3.05) is 12.3 Å². The molecular weight excluding hydrogens is 254 g/mol. The molecule has 5 nitrogen and oxygen atoms in total. The number of hydrogen-bond acceptors (Lipinski definition) is 3. The summed E-state index contributed by atoms with van der Waals surface area (Å²) in [4.78, 5) is 11.2. The van der Waals surface area contributed by atoms with Crippen molar-refractivity contribution in [1.82, 2.24) is 4.31 Å². The number of sulfonamides is 1. The van der Waals surface area contributed by atoms with E-state index in [0.29, 0.717) is 25.8 Å². The molecule has 2 bridgehead atoms. The monoisotopic (exact) mass is 275 g/mol. The molecule has 1 saturated carbocycles. The Labute approximate surface area is 108 Å². The van der Waals surface area contributed by atoms with Crippen molar-refractivity contribution in [1.29, 1.82) is 0 Å². The molecule has 0 aromatic rings. The summed E-state index contributed by atoms with van der Waals surface area (Å²) in [6.07, 6.45) is 3.79. The minimum Gasteiger partial charge on any atom is -0.481 e. The summed E-state index contributed by atoms with van der Waals surface area (Å²) in [6, 6.07) is -0.311. The van der Waals surface area contributed by atoms with Gasteiger partial charge < -0.3 is 5.11 Å². The van der Waals surface area contributed by atoms with Crippen LogP contribution in [0.4, 0.5) is 0 Å². The molecule has 3 rings (SSSR count). The van der Waals surface area contributed by atoms with Crippen LogP contribution in [0, 0.1) is 11.8 Å². The Bertz CT molecular complexity index is 420. The second kappa shape index (κ2) is 5.17. The standard InChI is InChI=1S/C12H21NO4S/c1-2-3-6-18(16,17)13-8-9-4-5-11(13)10(7-9)12(14)15/h9-11H,2-8H2,1H3,(H,14,15). The second-order valence-electron chi connectivity index (χ2n) is 5.43. The van der Waals surface area contributed by atoms with Gasteiger partial charge >= 0.3 is 5.97 Å². The van der Waals surface area contributed by atoms with E-state index in [-0.39, 0.29) is 17.7 Å². The van der Waals surface area contributed by atoms with Crippen LogP contribution in [0.1, 0.15) is 39.0 Å². The van der Waals surface area contributed by atoms with Crippen LogP contribution in [0.25, 0.3) is 0 Å². The van der Waals surface area contributed by atoms with Crippen LogP contribution in [-0.4, -0.2) is 42.1 Å². The van der Waals surface area contributed by atoms with Gasteiger partial charge in [0.05, 0.1) is 11.7 Å². The van der Waals surface area contributed by atoms with Crippen molar-refractivity contribution >= 4 is 16.0 Å². The molecule has 0 aromatic heterocycles. The summed E-state index contributed by atoms with van der Waals surface area (Å²) in [5.41, 5.74) is 0. The Morgan fingerprint density at radius 3 is 2.67 bits per heavy atom. The number of nitrogens with zero attached hydrogens (tertiary/aromatic N) is 1. The van der Waals surface area contributed by atoms with Crippen LogP contribution in [0.3, 0.4) is 0 Å². The predicted molar refractivity (Wildman–Crippen MR) is 67.7 cm³/mol. The topological polar surface area (TPSA) is 74.7 Å². The Hall–Kier alpha value is -0.620. The van der Waals surface area contributed by atoms with Crippen molar-refractivity contribution in [3.63, 3.8) is 0 Å². The molecule has 18 heavy (non-hydrogen) atoms. The minimum atomic E-state index is -3.27. The van der Waals surface area contributed by atoms with Crippen LogP contribution < -0.4 is 0 Å². The lowest BCUT2D eigenvalue weighted by atomic mass is 9.74. The van der Waals surface area contributed by atoms with Crippen molar-refractivity contribution in [3.05, 3.63) is 0 Å². The minimum absolute atomic E-state index is 0.152. The fourth-order valence-electron chi connectivity index (χ4n) is 3.17. The van der Waals surface area contributed by atoms with Gasteiger partial charge in [-0.1, -0.05) is 13.3 Å². The normalized spacial score (nSPS) is 32.6. The van der Waals surface area contributed by atoms with Crippen LogP contribution >= 0.6 is 0 Å². The first kappa shape index (κ1) is 13.8. The molecule has 1 N–H and O–H groups in total. The molecule has 0 radical (unpaired) electrons. The molecule has 0 spiro atoms. The van der Waals surface area contributed by atoms with Gasteiger partial charge in [-0.05, 0) is 31.6 Å². The van der Waals surface area contributed by atoms with Gasteiger partial charge in [-0.2, -0.15) is 4.31 Å². The number of carboxylic acids is 1. The smallest absolute Gasteiger partial charge is 0.308 e. The molecular formula is C12H21NO4S. The van der Waals surface area contributed by atoms with Crippen LogP contribution in [-0.2, 0) is 14.8 Å². The van der Waals surface area contributed by atoms with E-state index in [1.165, 1.54) is 4.31 Å². The number of rotatable bonds is 5. The molecule has 3 aliphatic rings. The molecule has 6 heteroatoms.